The van der Waals surface area contributed by atoms with Crippen molar-refractivity contribution in [1.82, 2.24) is 19.7 Å². The SMILES string of the molecule is O=C(c1ccc2c3c(cccc13)CC2)[C@H]1CCCN(C(=O)Cn2cncn2)C1. The number of rotatable bonds is 4. The number of benzene rings is 2. The zero-order chi connectivity index (χ0) is 19.1. The summed E-state index contributed by atoms with van der Waals surface area (Å²) in [4.78, 5) is 31.7. The maximum Gasteiger partial charge on any atom is 0.244 e. The molecule has 1 atom stereocenters. The molecular formula is C22H22N4O2. The topological polar surface area (TPSA) is 68.1 Å². The van der Waals surface area contributed by atoms with Gasteiger partial charge < -0.3 is 4.90 Å². The summed E-state index contributed by atoms with van der Waals surface area (Å²) in [7, 11) is 0. The van der Waals surface area contributed by atoms with Crippen LogP contribution in [0.3, 0.4) is 0 Å². The van der Waals surface area contributed by atoms with E-state index in [1.807, 2.05) is 6.07 Å². The minimum absolute atomic E-state index is 0.0107. The van der Waals surface area contributed by atoms with E-state index in [2.05, 4.69) is 34.3 Å². The largest absolute Gasteiger partial charge is 0.340 e. The lowest BCUT2D eigenvalue weighted by Crippen LogP contribution is -2.43. The van der Waals surface area contributed by atoms with Gasteiger partial charge in [0.15, 0.2) is 5.78 Å². The van der Waals surface area contributed by atoms with Gasteiger partial charge in [-0.1, -0.05) is 30.3 Å². The van der Waals surface area contributed by atoms with Gasteiger partial charge in [0.25, 0.3) is 0 Å². The third-order valence-electron chi connectivity index (χ3n) is 6.05. The van der Waals surface area contributed by atoms with Gasteiger partial charge in [0.05, 0.1) is 0 Å². The van der Waals surface area contributed by atoms with Crippen LogP contribution >= 0.6 is 0 Å². The Bertz CT molecular complexity index is 1050. The summed E-state index contributed by atoms with van der Waals surface area (Å²) < 4.78 is 1.52. The molecule has 2 aromatic carbocycles. The lowest BCUT2D eigenvalue weighted by molar-refractivity contribution is -0.133. The van der Waals surface area contributed by atoms with E-state index in [1.165, 1.54) is 33.8 Å². The molecule has 0 radical (unpaired) electrons. The number of hydrogen-bond acceptors (Lipinski definition) is 4. The molecule has 1 aliphatic carbocycles. The zero-order valence-electron chi connectivity index (χ0n) is 15.7. The van der Waals surface area contributed by atoms with Crippen LogP contribution in [0.2, 0.25) is 0 Å². The molecule has 2 aliphatic rings. The van der Waals surface area contributed by atoms with Crippen LogP contribution in [-0.4, -0.2) is 44.4 Å². The summed E-state index contributed by atoms with van der Waals surface area (Å²) >= 11 is 0. The highest BCUT2D eigenvalue weighted by molar-refractivity contribution is 6.11. The maximum absolute atomic E-state index is 13.4. The molecule has 0 unspecified atom stereocenters. The number of piperidine rings is 1. The minimum Gasteiger partial charge on any atom is -0.340 e. The molecule has 142 valence electrons. The Kier molecular flexibility index (Phi) is 4.19. The van der Waals surface area contributed by atoms with E-state index >= 15 is 0 Å². The van der Waals surface area contributed by atoms with Crippen LogP contribution in [0.25, 0.3) is 10.8 Å². The second-order valence-electron chi connectivity index (χ2n) is 7.75. The number of carbonyl (C=O) groups excluding carboxylic acids is 2. The molecule has 0 saturated carbocycles. The summed E-state index contributed by atoms with van der Waals surface area (Å²) in [5, 5.41) is 6.34. The molecule has 1 fully saturated rings. The van der Waals surface area contributed by atoms with E-state index in [9.17, 15) is 9.59 Å². The zero-order valence-corrected chi connectivity index (χ0v) is 15.7. The molecule has 2 heterocycles. The van der Waals surface area contributed by atoms with Gasteiger partial charge in [-0.2, -0.15) is 5.10 Å². The van der Waals surface area contributed by atoms with E-state index in [0.717, 1.165) is 36.6 Å². The number of likely N-dealkylation sites (tertiary alicyclic amines) is 1. The first-order valence-electron chi connectivity index (χ1n) is 9.88. The van der Waals surface area contributed by atoms with Gasteiger partial charge in [-0.05, 0) is 47.6 Å². The lowest BCUT2D eigenvalue weighted by Gasteiger charge is -2.32. The van der Waals surface area contributed by atoms with Crippen LogP contribution in [0.1, 0.15) is 34.3 Å². The Morgan fingerprint density at radius 2 is 1.96 bits per heavy atom. The Morgan fingerprint density at radius 1 is 1.11 bits per heavy atom. The lowest BCUT2D eigenvalue weighted by atomic mass is 9.87. The number of amides is 1. The molecule has 1 aromatic heterocycles. The third-order valence-corrected chi connectivity index (χ3v) is 6.05. The fourth-order valence-electron chi connectivity index (χ4n) is 4.65. The van der Waals surface area contributed by atoms with E-state index in [-0.39, 0.29) is 24.2 Å². The molecule has 6 nitrogen and oxygen atoms in total. The minimum atomic E-state index is -0.146. The number of aryl methyl sites for hydroxylation is 2. The molecule has 0 bridgehead atoms. The number of aromatic nitrogens is 3. The Balaban J connectivity index is 1.38. The van der Waals surface area contributed by atoms with Crippen molar-refractivity contribution in [3.05, 3.63) is 59.7 Å². The maximum atomic E-state index is 13.4. The molecule has 5 rings (SSSR count). The van der Waals surface area contributed by atoms with Gasteiger partial charge in [-0.25, -0.2) is 9.67 Å². The Morgan fingerprint density at radius 3 is 2.79 bits per heavy atom. The summed E-state index contributed by atoms with van der Waals surface area (Å²) in [6.07, 6.45) is 6.74. The van der Waals surface area contributed by atoms with Crippen molar-refractivity contribution in [2.24, 2.45) is 5.92 Å². The van der Waals surface area contributed by atoms with Crippen molar-refractivity contribution in [1.29, 1.82) is 0 Å². The smallest absolute Gasteiger partial charge is 0.244 e. The number of nitrogens with zero attached hydrogens (tertiary/aromatic N) is 4. The molecule has 0 spiro atoms. The quantitative estimate of drug-likeness (QED) is 0.659. The third kappa shape index (κ3) is 2.89. The second kappa shape index (κ2) is 6.86. The van der Waals surface area contributed by atoms with Crippen LogP contribution in [0.15, 0.2) is 43.0 Å². The first-order chi connectivity index (χ1) is 13.7. The molecule has 3 aromatic rings. The number of carbonyl (C=O) groups is 2. The highest BCUT2D eigenvalue weighted by Gasteiger charge is 2.30. The van der Waals surface area contributed by atoms with Crippen LogP contribution < -0.4 is 0 Å². The molecule has 1 amide bonds. The van der Waals surface area contributed by atoms with Crippen molar-refractivity contribution >= 4 is 22.5 Å². The molecule has 6 heteroatoms. The monoisotopic (exact) mass is 374 g/mol. The summed E-state index contributed by atoms with van der Waals surface area (Å²) in [6, 6.07) is 10.4. The normalized spacial score (nSPS) is 18.6. The fourth-order valence-corrected chi connectivity index (χ4v) is 4.65. The Labute approximate surface area is 163 Å². The van der Waals surface area contributed by atoms with Gasteiger partial charge >= 0.3 is 0 Å². The summed E-state index contributed by atoms with van der Waals surface area (Å²) in [6.45, 7) is 1.35. The van der Waals surface area contributed by atoms with Gasteiger partial charge in [-0.15, -0.1) is 0 Å². The van der Waals surface area contributed by atoms with Crippen molar-refractivity contribution in [3.63, 3.8) is 0 Å². The average Bonchev–Trinajstić information content (AvgIpc) is 3.39. The van der Waals surface area contributed by atoms with Gasteiger partial charge in [0.2, 0.25) is 5.91 Å². The highest BCUT2D eigenvalue weighted by Crippen LogP contribution is 2.34. The van der Waals surface area contributed by atoms with Crippen molar-refractivity contribution in [3.8, 4) is 0 Å². The van der Waals surface area contributed by atoms with Crippen molar-refractivity contribution < 1.29 is 9.59 Å². The molecule has 1 saturated heterocycles. The standard InChI is InChI=1S/C22H22N4O2/c27-20(12-26-14-23-13-24-26)25-10-2-4-17(11-25)22(28)19-9-8-16-7-6-15-3-1-5-18(19)21(15)16/h1,3,5,8-9,13-14,17H,2,4,6-7,10-12H2/t17-/m0/s1. The molecule has 28 heavy (non-hydrogen) atoms. The van der Waals surface area contributed by atoms with E-state index in [4.69, 9.17) is 0 Å². The second-order valence-corrected chi connectivity index (χ2v) is 7.75. The van der Waals surface area contributed by atoms with Crippen LogP contribution in [0.4, 0.5) is 0 Å². The molecule has 1 aliphatic heterocycles. The number of ketones is 1. The number of Topliss-reactive ketones (excluding diaryl/α,β-unsaturated/α-hetero) is 1. The predicted octanol–water partition coefficient (Wildman–Crippen LogP) is 2.65. The summed E-state index contributed by atoms with van der Waals surface area (Å²) in [5.74, 6) is 0.00386. The van der Waals surface area contributed by atoms with Crippen molar-refractivity contribution in [2.75, 3.05) is 13.1 Å². The van der Waals surface area contributed by atoms with E-state index in [1.54, 1.807) is 4.90 Å². The van der Waals surface area contributed by atoms with Crippen LogP contribution in [0, 0.1) is 5.92 Å². The highest BCUT2D eigenvalue weighted by atomic mass is 16.2. The number of hydrogen-bond donors (Lipinski definition) is 0. The van der Waals surface area contributed by atoms with E-state index in [0.29, 0.717) is 13.1 Å². The van der Waals surface area contributed by atoms with Gasteiger partial charge in [0, 0.05) is 24.6 Å². The summed E-state index contributed by atoms with van der Waals surface area (Å²) in [5.41, 5.74) is 3.49. The molecule has 0 N–H and O–H groups in total. The van der Waals surface area contributed by atoms with Crippen LogP contribution in [-0.2, 0) is 24.2 Å². The fraction of sp³-hybridized carbons (Fsp3) is 0.364. The first kappa shape index (κ1) is 17.1. The van der Waals surface area contributed by atoms with Gasteiger partial charge in [0.1, 0.15) is 19.2 Å². The Hall–Kier alpha value is -3.02. The van der Waals surface area contributed by atoms with Crippen LogP contribution in [0.5, 0.6) is 0 Å². The van der Waals surface area contributed by atoms with Crippen molar-refractivity contribution in [2.45, 2.75) is 32.2 Å². The van der Waals surface area contributed by atoms with Gasteiger partial charge in [-0.3, -0.25) is 9.59 Å². The molecular weight excluding hydrogens is 352 g/mol. The van der Waals surface area contributed by atoms with E-state index < -0.39 is 0 Å². The first-order valence-corrected chi connectivity index (χ1v) is 9.88. The average molecular weight is 374 g/mol. The predicted molar refractivity (Wildman–Crippen MR) is 105 cm³/mol.